The monoisotopic (exact) mass is 463 g/mol. The van der Waals surface area contributed by atoms with Crippen molar-refractivity contribution in [1.29, 1.82) is 0 Å². The average molecular weight is 464 g/mol. The van der Waals surface area contributed by atoms with Crippen molar-refractivity contribution in [2.75, 3.05) is 45.8 Å². The number of amides is 2. The van der Waals surface area contributed by atoms with Crippen LogP contribution < -0.4 is 10.9 Å². The van der Waals surface area contributed by atoms with E-state index >= 15 is 0 Å². The van der Waals surface area contributed by atoms with Gasteiger partial charge in [-0.15, -0.1) is 0 Å². The van der Waals surface area contributed by atoms with Crippen LogP contribution in [0.25, 0.3) is 0 Å². The number of hydrogen-bond donors (Lipinski definition) is 2. The zero-order valence-electron chi connectivity index (χ0n) is 16.8. The quantitative estimate of drug-likeness (QED) is 0.708. The Labute approximate surface area is 180 Å². The second kappa shape index (κ2) is 9.55. The fourth-order valence-corrected chi connectivity index (χ4v) is 4.68. The maximum absolute atomic E-state index is 12.9. The summed E-state index contributed by atoms with van der Waals surface area (Å²) in [5.41, 5.74) is 7.61. The molecule has 2 atom stereocenters. The first-order valence-electron chi connectivity index (χ1n) is 10.7. The fraction of sp³-hybridized carbons (Fsp3) is 0.619. The molecule has 158 valence electrons. The number of halogens is 1. The van der Waals surface area contributed by atoms with Crippen molar-refractivity contribution < 1.29 is 9.59 Å². The van der Waals surface area contributed by atoms with E-state index in [9.17, 15) is 9.59 Å². The molecule has 3 aliphatic rings. The zero-order valence-corrected chi connectivity index (χ0v) is 18.4. The van der Waals surface area contributed by atoms with Gasteiger partial charge in [-0.1, -0.05) is 28.1 Å². The molecule has 1 aromatic carbocycles. The Kier molecular flexibility index (Phi) is 6.85. The molecular formula is C21H30BrN5O2. The lowest BCUT2D eigenvalue weighted by Gasteiger charge is -2.36. The lowest BCUT2D eigenvalue weighted by Crippen LogP contribution is -2.55. The van der Waals surface area contributed by atoms with Gasteiger partial charge < -0.3 is 9.80 Å². The standard InChI is InChI=1S/C21H30BrN5O2/c22-17-6-4-16(5-7-17)18-14-19(24-23-18)21(29)27-12-10-25(11-13-27)15-20(28)26-8-2-1-3-9-26/h4-7,18-19,23-24H,1-3,8-15H2. The maximum Gasteiger partial charge on any atom is 0.241 e. The SMILES string of the molecule is O=C(CN1CCN(C(=O)C2CC(c3ccc(Br)cc3)NN2)CC1)N1CCCCC1. The van der Waals surface area contributed by atoms with E-state index in [0.29, 0.717) is 19.6 Å². The third-order valence-corrected chi connectivity index (χ3v) is 6.75. The third kappa shape index (κ3) is 5.17. The largest absolute Gasteiger partial charge is 0.342 e. The van der Waals surface area contributed by atoms with E-state index in [-0.39, 0.29) is 23.9 Å². The van der Waals surface area contributed by atoms with E-state index in [1.165, 1.54) is 12.0 Å². The summed E-state index contributed by atoms with van der Waals surface area (Å²) in [6.45, 7) is 5.19. The first kappa shape index (κ1) is 20.8. The van der Waals surface area contributed by atoms with E-state index < -0.39 is 0 Å². The number of benzene rings is 1. The molecule has 0 saturated carbocycles. The van der Waals surface area contributed by atoms with Gasteiger partial charge in [-0.25, -0.2) is 10.9 Å². The van der Waals surface area contributed by atoms with Crippen LogP contribution in [0.4, 0.5) is 0 Å². The molecule has 3 aliphatic heterocycles. The molecule has 0 aromatic heterocycles. The number of hydrazine groups is 1. The molecule has 0 bridgehead atoms. The number of piperidine rings is 1. The average Bonchev–Trinajstić information content (AvgIpc) is 3.25. The van der Waals surface area contributed by atoms with Gasteiger partial charge in [0, 0.05) is 49.8 Å². The number of likely N-dealkylation sites (tertiary alicyclic amines) is 1. The molecule has 3 fully saturated rings. The van der Waals surface area contributed by atoms with Crippen LogP contribution in [0, 0.1) is 0 Å². The van der Waals surface area contributed by atoms with Gasteiger partial charge in [-0.3, -0.25) is 14.5 Å². The molecule has 7 nitrogen and oxygen atoms in total. The lowest BCUT2D eigenvalue weighted by molar-refractivity contribution is -0.136. The Morgan fingerprint density at radius 2 is 1.59 bits per heavy atom. The topological polar surface area (TPSA) is 67.9 Å². The van der Waals surface area contributed by atoms with Crippen LogP contribution in [0.5, 0.6) is 0 Å². The predicted molar refractivity (Wildman–Crippen MR) is 115 cm³/mol. The van der Waals surface area contributed by atoms with Crippen LogP contribution in [-0.4, -0.2) is 78.4 Å². The second-order valence-corrected chi connectivity index (χ2v) is 9.14. The summed E-state index contributed by atoms with van der Waals surface area (Å²) >= 11 is 3.46. The maximum atomic E-state index is 12.9. The van der Waals surface area contributed by atoms with Gasteiger partial charge in [-0.05, 0) is 43.4 Å². The zero-order chi connectivity index (χ0) is 20.2. The van der Waals surface area contributed by atoms with Crippen LogP contribution in [0.3, 0.4) is 0 Å². The van der Waals surface area contributed by atoms with Crippen LogP contribution in [-0.2, 0) is 9.59 Å². The highest BCUT2D eigenvalue weighted by Crippen LogP contribution is 2.24. The smallest absolute Gasteiger partial charge is 0.241 e. The first-order valence-corrected chi connectivity index (χ1v) is 11.4. The van der Waals surface area contributed by atoms with Gasteiger partial charge in [0.25, 0.3) is 0 Å². The van der Waals surface area contributed by atoms with Crippen molar-refractivity contribution in [2.45, 2.75) is 37.8 Å². The molecule has 3 heterocycles. The molecule has 4 rings (SSSR count). The van der Waals surface area contributed by atoms with Crippen molar-refractivity contribution in [2.24, 2.45) is 0 Å². The molecule has 0 spiro atoms. The van der Waals surface area contributed by atoms with Gasteiger partial charge in [0.1, 0.15) is 6.04 Å². The highest BCUT2D eigenvalue weighted by molar-refractivity contribution is 9.10. The number of rotatable bonds is 4. The third-order valence-electron chi connectivity index (χ3n) is 6.23. The van der Waals surface area contributed by atoms with Crippen LogP contribution in [0.1, 0.15) is 37.3 Å². The van der Waals surface area contributed by atoms with E-state index in [1.54, 1.807) is 0 Å². The number of nitrogens with one attached hydrogen (secondary N) is 2. The molecule has 2 N–H and O–H groups in total. The van der Waals surface area contributed by atoms with Crippen LogP contribution in [0.2, 0.25) is 0 Å². The first-order chi connectivity index (χ1) is 14.1. The summed E-state index contributed by atoms with van der Waals surface area (Å²) in [7, 11) is 0. The minimum atomic E-state index is -0.204. The molecule has 1 aromatic rings. The predicted octanol–water partition coefficient (Wildman–Crippen LogP) is 1.51. The number of piperazine rings is 1. The number of carbonyl (C=O) groups excluding carboxylic acids is 2. The fourth-order valence-electron chi connectivity index (χ4n) is 4.41. The van der Waals surface area contributed by atoms with E-state index in [2.05, 4.69) is 43.8 Å². The summed E-state index contributed by atoms with van der Waals surface area (Å²) in [6, 6.07) is 8.14. The van der Waals surface area contributed by atoms with Crippen molar-refractivity contribution in [1.82, 2.24) is 25.6 Å². The Hall–Kier alpha value is -1.48. The lowest BCUT2D eigenvalue weighted by atomic mass is 10.0. The van der Waals surface area contributed by atoms with E-state index in [0.717, 1.165) is 49.9 Å². The molecule has 8 heteroatoms. The number of nitrogens with zero attached hydrogens (tertiary/aromatic N) is 3. The van der Waals surface area contributed by atoms with Crippen molar-refractivity contribution in [3.63, 3.8) is 0 Å². The minimum absolute atomic E-state index is 0.139. The van der Waals surface area contributed by atoms with Gasteiger partial charge in [0.15, 0.2) is 0 Å². The molecule has 0 radical (unpaired) electrons. The van der Waals surface area contributed by atoms with Gasteiger partial charge in [0.2, 0.25) is 11.8 Å². The second-order valence-electron chi connectivity index (χ2n) is 8.22. The Morgan fingerprint density at radius 3 is 2.28 bits per heavy atom. The highest BCUT2D eigenvalue weighted by atomic mass is 79.9. The Bertz CT molecular complexity index is 714. The minimum Gasteiger partial charge on any atom is -0.342 e. The number of hydrogen-bond acceptors (Lipinski definition) is 5. The Morgan fingerprint density at radius 1 is 0.897 bits per heavy atom. The summed E-state index contributed by atoms with van der Waals surface area (Å²) in [6.07, 6.45) is 4.22. The summed E-state index contributed by atoms with van der Waals surface area (Å²) in [4.78, 5) is 31.5. The van der Waals surface area contributed by atoms with E-state index in [4.69, 9.17) is 0 Å². The van der Waals surface area contributed by atoms with Crippen molar-refractivity contribution in [3.8, 4) is 0 Å². The van der Waals surface area contributed by atoms with Crippen molar-refractivity contribution >= 4 is 27.7 Å². The highest BCUT2D eigenvalue weighted by Gasteiger charge is 2.34. The molecule has 2 unspecified atom stereocenters. The van der Waals surface area contributed by atoms with Crippen molar-refractivity contribution in [3.05, 3.63) is 34.3 Å². The van der Waals surface area contributed by atoms with Gasteiger partial charge >= 0.3 is 0 Å². The Balaban J connectivity index is 1.23. The normalized spacial score (nSPS) is 26.0. The van der Waals surface area contributed by atoms with Gasteiger partial charge in [0.05, 0.1) is 6.54 Å². The van der Waals surface area contributed by atoms with Crippen LogP contribution >= 0.6 is 15.9 Å². The molecular weight excluding hydrogens is 434 g/mol. The molecule has 2 amide bonds. The number of carbonyl (C=O) groups is 2. The van der Waals surface area contributed by atoms with Crippen LogP contribution in [0.15, 0.2) is 28.7 Å². The van der Waals surface area contributed by atoms with E-state index in [1.807, 2.05) is 21.9 Å². The summed E-state index contributed by atoms with van der Waals surface area (Å²) in [5, 5.41) is 0. The van der Waals surface area contributed by atoms with Gasteiger partial charge in [-0.2, -0.15) is 0 Å². The molecule has 29 heavy (non-hydrogen) atoms. The molecule has 3 saturated heterocycles. The molecule has 0 aliphatic carbocycles. The summed E-state index contributed by atoms with van der Waals surface area (Å²) in [5.74, 6) is 0.391. The summed E-state index contributed by atoms with van der Waals surface area (Å²) < 4.78 is 1.05.